The van der Waals surface area contributed by atoms with Crippen LogP contribution in [0.3, 0.4) is 0 Å². The van der Waals surface area contributed by atoms with Crippen LogP contribution in [0, 0.1) is 5.92 Å². The summed E-state index contributed by atoms with van der Waals surface area (Å²) in [6, 6.07) is 3.78. The van der Waals surface area contributed by atoms with Crippen molar-refractivity contribution in [2.24, 2.45) is 5.92 Å². The van der Waals surface area contributed by atoms with E-state index in [1.54, 1.807) is 12.4 Å². The van der Waals surface area contributed by atoms with E-state index in [1.165, 1.54) is 4.90 Å². The van der Waals surface area contributed by atoms with Gasteiger partial charge in [-0.25, -0.2) is 0 Å². The third kappa shape index (κ3) is 4.57. The van der Waals surface area contributed by atoms with Gasteiger partial charge in [-0.05, 0) is 59.9 Å². The van der Waals surface area contributed by atoms with Crippen LogP contribution in [-0.4, -0.2) is 47.2 Å². The molecule has 8 heteroatoms. The molecular weight excluding hydrogens is 385 g/mol. The van der Waals surface area contributed by atoms with Gasteiger partial charge in [0.15, 0.2) is 0 Å². The van der Waals surface area contributed by atoms with Crippen LogP contribution in [0.15, 0.2) is 29.0 Å². The fourth-order valence-corrected chi connectivity index (χ4v) is 3.32. The van der Waals surface area contributed by atoms with E-state index in [-0.39, 0.29) is 0 Å². The van der Waals surface area contributed by atoms with Crippen molar-refractivity contribution >= 4 is 32.7 Å². The first kappa shape index (κ1) is 17.4. The van der Waals surface area contributed by atoms with Crippen molar-refractivity contribution in [1.82, 2.24) is 14.9 Å². The average molecular weight is 403 g/mol. The Morgan fingerprint density at radius 3 is 2.71 bits per heavy atom. The van der Waals surface area contributed by atoms with Crippen molar-refractivity contribution in [3.8, 4) is 0 Å². The van der Waals surface area contributed by atoms with E-state index in [0.717, 1.165) is 40.6 Å². The van der Waals surface area contributed by atoms with Crippen LogP contribution >= 0.6 is 15.9 Å². The summed E-state index contributed by atoms with van der Waals surface area (Å²) in [5.41, 5.74) is 2.51. The molecule has 0 aliphatic carbocycles. The lowest BCUT2D eigenvalue weighted by atomic mass is 9.96. The molecule has 0 atom stereocenters. The van der Waals surface area contributed by atoms with Crippen LogP contribution in [0.25, 0.3) is 11.0 Å². The van der Waals surface area contributed by atoms with Crippen LogP contribution in [0.4, 0.5) is 18.9 Å². The van der Waals surface area contributed by atoms with E-state index >= 15 is 0 Å². The number of piperidine rings is 1. The highest BCUT2D eigenvalue weighted by Crippen LogP contribution is 2.25. The van der Waals surface area contributed by atoms with E-state index in [9.17, 15) is 13.2 Å². The monoisotopic (exact) mass is 402 g/mol. The van der Waals surface area contributed by atoms with Gasteiger partial charge in [-0.2, -0.15) is 13.2 Å². The molecule has 0 aromatic carbocycles. The number of anilines is 1. The van der Waals surface area contributed by atoms with Gasteiger partial charge in [0.05, 0.1) is 17.7 Å². The molecule has 4 nitrogen and oxygen atoms in total. The van der Waals surface area contributed by atoms with Crippen LogP contribution in [0.2, 0.25) is 0 Å². The van der Waals surface area contributed by atoms with Gasteiger partial charge >= 0.3 is 6.18 Å². The SMILES string of the molecule is FC(F)(F)CN1CCC(CNc2ccnc3cc(Br)cnc23)CC1. The summed E-state index contributed by atoms with van der Waals surface area (Å²) >= 11 is 3.38. The molecule has 24 heavy (non-hydrogen) atoms. The Labute approximate surface area is 146 Å². The normalized spacial score (nSPS) is 17.3. The van der Waals surface area contributed by atoms with Gasteiger partial charge in [-0.1, -0.05) is 0 Å². The molecule has 1 N–H and O–H groups in total. The van der Waals surface area contributed by atoms with Crippen molar-refractivity contribution in [3.63, 3.8) is 0 Å². The molecule has 1 saturated heterocycles. The van der Waals surface area contributed by atoms with E-state index in [2.05, 4.69) is 31.2 Å². The maximum atomic E-state index is 12.4. The maximum absolute atomic E-state index is 12.4. The number of fused-ring (bicyclic) bond motifs is 1. The minimum Gasteiger partial charge on any atom is -0.383 e. The molecule has 130 valence electrons. The Morgan fingerprint density at radius 2 is 2.00 bits per heavy atom. The minimum absolute atomic E-state index is 0.369. The molecule has 0 radical (unpaired) electrons. The van der Waals surface area contributed by atoms with Crippen molar-refractivity contribution in [3.05, 3.63) is 29.0 Å². The minimum atomic E-state index is -4.11. The number of aromatic nitrogens is 2. The Hall–Kier alpha value is -1.41. The predicted octanol–water partition coefficient (Wildman–Crippen LogP) is 4.08. The third-order valence-electron chi connectivity index (χ3n) is 4.24. The molecule has 0 unspecified atom stereocenters. The van der Waals surface area contributed by atoms with Gasteiger partial charge in [0.1, 0.15) is 5.52 Å². The zero-order chi connectivity index (χ0) is 17.2. The molecule has 0 spiro atoms. The molecule has 3 heterocycles. The summed E-state index contributed by atoms with van der Waals surface area (Å²) in [6.45, 7) is 0.917. The summed E-state index contributed by atoms with van der Waals surface area (Å²) in [7, 11) is 0. The Kier molecular flexibility index (Phi) is 5.24. The largest absolute Gasteiger partial charge is 0.401 e. The standard InChI is InChI=1S/C16H18BrF3N4/c17-12-7-14-15(23-9-12)13(1-4-21-14)22-8-11-2-5-24(6-3-11)10-16(18,19)20/h1,4,7,9,11H,2-3,5-6,8,10H2,(H,21,22). The molecule has 2 aromatic rings. The van der Waals surface area contributed by atoms with E-state index in [4.69, 9.17) is 0 Å². The quantitative estimate of drug-likeness (QED) is 0.836. The first-order valence-corrected chi connectivity index (χ1v) is 8.63. The molecule has 0 bridgehead atoms. The van der Waals surface area contributed by atoms with Crippen molar-refractivity contribution in [2.45, 2.75) is 19.0 Å². The molecule has 2 aromatic heterocycles. The molecular formula is C16H18BrF3N4. The van der Waals surface area contributed by atoms with E-state index in [0.29, 0.717) is 19.0 Å². The summed E-state index contributed by atoms with van der Waals surface area (Å²) < 4.78 is 38.1. The second kappa shape index (κ2) is 7.23. The molecule has 1 fully saturated rings. The van der Waals surface area contributed by atoms with Crippen molar-refractivity contribution in [2.75, 3.05) is 31.5 Å². The second-order valence-corrected chi connectivity index (χ2v) is 7.01. The predicted molar refractivity (Wildman–Crippen MR) is 90.9 cm³/mol. The van der Waals surface area contributed by atoms with Crippen LogP contribution in [0.1, 0.15) is 12.8 Å². The zero-order valence-corrected chi connectivity index (χ0v) is 14.6. The van der Waals surface area contributed by atoms with Crippen molar-refractivity contribution < 1.29 is 13.2 Å². The number of pyridine rings is 2. The van der Waals surface area contributed by atoms with Gasteiger partial charge in [0.2, 0.25) is 0 Å². The molecule has 3 rings (SSSR count). The lowest BCUT2D eigenvalue weighted by molar-refractivity contribution is -0.148. The fraction of sp³-hybridized carbons (Fsp3) is 0.500. The first-order chi connectivity index (χ1) is 11.4. The molecule has 0 saturated carbocycles. The number of rotatable bonds is 4. The summed E-state index contributed by atoms with van der Waals surface area (Å²) in [5.74, 6) is 0.369. The lowest BCUT2D eigenvalue weighted by Gasteiger charge is -2.32. The van der Waals surface area contributed by atoms with Crippen molar-refractivity contribution in [1.29, 1.82) is 0 Å². The Balaban J connectivity index is 1.56. The fourth-order valence-electron chi connectivity index (χ4n) is 3.00. The van der Waals surface area contributed by atoms with E-state index < -0.39 is 12.7 Å². The molecule has 1 aliphatic heterocycles. The number of hydrogen-bond donors (Lipinski definition) is 1. The van der Waals surface area contributed by atoms with Gasteiger partial charge in [-0.3, -0.25) is 14.9 Å². The zero-order valence-electron chi connectivity index (χ0n) is 13.0. The number of hydrogen-bond acceptors (Lipinski definition) is 4. The van der Waals surface area contributed by atoms with Gasteiger partial charge < -0.3 is 5.32 Å². The topological polar surface area (TPSA) is 41.0 Å². The van der Waals surface area contributed by atoms with Gasteiger partial charge in [0, 0.05) is 23.4 Å². The Bertz CT molecular complexity index is 699. The number of alkyl halides is 3. The van der Waals surface area contributed by atoms with Crippen LogP contribution in [0.5, 0.6) is 0 Å². The Morgan fingerprint density at radius 1 is 1.25 bits per heavy atom. The highest BCUT2D eigenvalue weighted by atomic mass is 79.9. The number of nitrogens with zero attached hydrogens (tertiary/aromatic N) is 3. The smallest absolute Gasteiger partial charge is 0.383 e. The molecule has 0 amide bonds. The maximum Gasteiger partial charge on any atom is 0.401 e. The first-order valence-electron chi connectivity index (χ1n) is 7.84. The molecule has 1 aliphatic rings. The average Bonchev–Trinajstić information content (AvgIpc) is 2.52. The highest BCUT2D eigenvalue weighted by molar-refractivity contribution is 9.10. The summed E-state index contributed by atoms with van der Waals surface area (Å²) in [5, 5.41) is 3.38. The third-order valence-corrected chi connectivity index (χ3v) is 4.67. The highest BCUT2D eigenvalue weighted by Gasteiger charge is 2.32. The number of halogens is 4. The second-order valence-electron chi connectivity index (χ2n) is 6.10. The van der Waals surface area contributed by atoms with E-state index in [1.807, 2.05) is 12.1 Å². The number of nitrogens with one attached hydrogen (secondary N) is 1. The lowest BCUT2D eigenvalue weighted by Crippen LogP contribution is -2.41. The van der Waals surface area contributed by atoms with Crippen LogP contribution in [-0.2, 0) is 0 Å². The number of likely N-dealkylation sites (tertiary alicyclic amines) is 1. The van der Waals surface area contributed by atoms with Crippen LogP contribution < -0.4 is 5.32 Å². The summed E-state index contributed by atoms with van der Waals surface area (Å²) in [4.78, 5) is 10.2. The van der Waals surface area contributed by atoms with Gasteiger partial charge in [0.25, 0.3) is 0 Å². The summed E-state index contributed by atoms with van der Waals surface area (Å²) in [6.07, 6.45) is 0.882. The van der Waals surface area contributed by atoms with Gasteiger partial charge in [-0.15, -0.1) is 0 Å².